The van der Waals surface area contributed by atoms with Crippen molar-refractivity contribution in [3.05, 3.63) is 36.5 Å². The molecule has 0 aliphatic heterocycles. The van der Waals surface area contributed by atoms with Gasteiger partial charge in [0.2, 0.25) is 0 Å². The van der Waals surface area contributed by atoms with Gasteiger partial charge in [-0.2, -0.15) is 0 Å². The Morgan fingerprint density at radius 1 is 1.04 bits per heavy atom. The van der Waals surface area contributed by atoms with Crippen molar-refractivity contribution in [3.63, 3.8) is 0 Å². The Kier molecular flexibility index (Phi) is 10.7. The first-order valence-corrected chi connectivity index (χ1v) is 7.92. The Labute approximate surface area is 139 Å². The molecule has 5 heteroatoms. The first-order valence-electron chi connectivity index (χ1n) is 7.92. The number of hydrogen-bond donors (Lipinski definition) is 0. The zero-order valence-electron chi connectivity index (χ0n) is 14.7. The van der Waals surface area contributed by atoms with Gasteiger partial charge in [0, 0.05) is 18.5 Å². The van der Waals surface area contributed by atoms with Gasteiger partial charge in [0.25, 0.3) is 0 Å². The molecule has 0 aromatic heterocycles. The molecule has 0 bridgehead atoms. The standard InChI is InChI=1S/C18H29NO4/c1-5-6-7-8-9-10-11-12-13-18(22)23-16(14-17(20)21)15-19(2,3)4/h6-7,9-10,12-13,16H,5,8,11,14-15H2,1-4H3/b7-6+,10-9+,13-12+. The number of hydrogen-bond acceptors (Lipinski definition) is 4. The monoisotopic (exact) mass is 323 g/mol. The molecule has 0 heterocycles. The van der Waals surface area contributed by atoms with Crippen LogP contribution in [0.5, 0.6) is 0 Å². The first-order chi connectivity index (χ1) is 10.7. The number of carboxylic acid groups (broad SMARTS) is 1. The zero-order chi connectivity index (χ0) is 17.7. The number of allylic oxidation sites excluding steroid dienone is 5. The molecule has 0 aliphatic carbocycles. The minimum atomic E-state index is -1.22. The summed E-state index contributed by atoms with van der Waals surface area (Å²) in [7, 11) is 5.72. The molecule has 130 valence electrons. The number of nitrogens with zero attached hydrogens (tertiary/aromatic N) is 1. The van der Waals surface area contributed by atoms with Crippen LogP contribution in [0.4, 0.5) is 0 Å². The minimum Gasteiger partial charge on any atom is -0.550 e. The fraction of sp³-hybridized carbons (Fsp3) is 0.556. The third-order valence-corrected chi connectivity index (χ3v) is 2.80. The molecule has 0 rings (SSSR count). The summed E-state index contributed by atoms with van der Waals surface area (Å²) in [5.41, 5.74) is 0. The topological polar surface area (TPSA) is 66.4 Å². The molecule has 0 radical (unpaired) electrons. The van der Waals surface area contributed by atoms with Crippen molar-refractivity contribution in [3.8, 4) is 0 Å². The van der Waals surface area contributed by atoms with Crippen LogP contribution in [0, 0.1) is 0 Å². The van der Waals surface area contributed by atoms with Crippen molar-refractivity contribution in [2.75, 3.05) is 27.7 Å². The lowest BCUT2D eigenvalue weighted by molar-refractivity contribution is -0.873. The normalized spacial score (nSPS) is 13.9. The van der Waals surface area contributed by atoms with E-state index in [0.717, 1.165) is 12.8 Å². The molecule has 0 spiro atoms. The van der Waals surface area contributed by atoms with Crippen LogP contribution in [-0.2, 0) is 14.3 Å². The van der Waals surface area contributed by atoms with Crippen LogP contribution in [-0.4, -0.2) is 50.2 Å². The number of carbonyl (C=O) groups excluding carboxylic acids is 2. The maximum Gasteiger partial charge on any atom is 0.330 e. The Hall–Kier alpha value is -1.88. The summed E-state index contributed by atoms with van der Waals surface area (Å²) in [6, 6.07) is 0. The highest BCUT2D eigenvalue weighted by Gasteiger charge is 2.21. The quantitative estimate of drug-likeness (QED) is 0.251. The molecule has 0 saturated carbocycles. The Bertz CT molecular complexity index is 444. The number of rotatable bonds is 11. The van der Waals surface area contributed by atoms with Gasteiger partial charge in [-0.3, -0.25) is 0 Å². The number of quaternary nitrogens is 1. The second-order valence-electron chi connectivity index (χ2n) is 6.33. The molecule has 0 saturated heterocycles. The van der Waals surface area contributed by atoms with E-state index in [2.05, 4.69) is 19.1 Å². The highest BCUT2D eigenvalue weighted by molar-refractivity contribution is 5.82. The second kappa shape index (κ2) is 11.7. The highest BCUT2D eigenvalue weighted by atomic mass is 16.5. The predicted octanol–water partition coefficient (Wildman–Crippen LogP) is 1.60. The maximum atomic E-state index is 11.7. The van der Waals surface area contributed by atoms with Crippen LogP contribution in [0.3, 0.4) is 0 Å². The molecular formula is C18H29NO4. The molecule has 23 heavy (non-hydrogen) atoms. The predicted molar refractivity (Wildman–Crippen MR) is 89.3 cm³/mol. The number of likely N-dealkylation sites (N-methyl/N-ethyl adjacent to an activating group) is 1. The van der Waals surface area contributed by atoms with Crippen LogP contribution in [0.2, 0.25) is 0 Å². The average molecular weight is 323 g/mol. The van der Waals surface area contributed by atoms with Crippen molar-refractivity contribution in [2.24, 2.45) is 0 Å². The summed E-state index contributed by atoms with van der Waals surface area (Å²) >= 11 is 0. The summed E-state index contributed by atoms with van der Waals surface area (Å²) in [5, 5.41) is 10.7. The summed E-state index contributed by atoms with van der Waals surface area (Å²) < 4.78 is 5.70. The molecule has 0 N–H and O–H groups in total. The largest absolute Gasteiger partial charge is 0.550 e. The van der Waals surface area contributed by atoms with Gasteiger partial charge in [-0.25, -0.2) is 4.79 Å². The molecule has 0 fully saturated rings. The number of carboxylic acids is 1. The van der Waals surface area contributed by atoms with Crippen molar-refractivity contribution in [2.45, 2.75) is 38.7 Å². The van der Waals surface area contributed by atoms with Gasteiger partial charge in [0.1, 0.15) is 6.54 Å². The van der Waals surface area contributed by atoms with Gasteiger partial charge < -0.3 is 19.1 Å². The highest BCUT2D eigenvalue weighted by Crippen LogP contribution is 2.05. The Morgan fingerprint density at radius 2 is 1.61 bits per heavy atom. The van der Waals surface area contributed by atoms with E-state index >= 15 is 0 Å². The summed E-state index contributed by atoms with van der Waals surface area (Å²) in [4.78, 5) is 22.5. The maximum absolute atomic E-state index is 11.7. The molecule has 0 aromatic rings. The number of carbonyl (C=O) groups is 2. The molecule has 0 aliphatic rings. The van der Waals surface area contributed by atoms with E-state index in [4.69, 9.17) is 4.74 Å². The van der Waals surface area contributed by atoms with E-state index in [0.29, 0.717) is 17.4 Å². The zero-order valence-corrected chi connectivity index (χ0v) is 14.7. The van der Waals surface area contributed by atoms with Crippen molar-refractivity contribution in [1.29, 1.82) is 0 Å². The second-order valence-corrected chi connectivity index (χ2v) is 6.33. The average Bonchev–Trinajstić information content (AvgIpc) is 2.39. The Morgan fingerprint density at radius 3 is 2.13 bits per heavy atom. The molecule has 1 atom stereocenters. The fourth-order valence-electron chi connectivity index (χ4n) is 1.92. The molecular weight excluding hydrogens is 294 g/mol. The third-order valence-electron chi connectivity index (χ3n) is 2.80. The van der Waals surface area contributed by atoms with E-state index in [1.807, 2.05) is 33.3 Å². The molecule has 0 amide bonds. The minimum absolute atomic E-state index is 0.293. The van der Waals surface area contributed by atoms with Crippen molar-refractivity contribution >= 4 is 11.9 Å². The Balaban J connectivity index is 4.27. The number of ether oxygens (including phenoxy) is 1. The van der Waals surface area contributed by atoms with Crippen LogP contribution in [0.1, 0.15) is 32.6 Å². The summed E-state index contributed by atoms with van der Waals surface area (Å²) in [6.07, 6.45) is 12.8. The SMILES string of the molecule is CC/C=C/C/C=C/C/C=C/C(=O)OC(CC(=O)[O-])C[N+](C)(C)C. The van der Waals surface area contributed by atoms with Gasteiger partial charge in [0.15, 0.2) is 6.10 Å². The number of esters is 1. The van der Waals surface area contributed by atoms with E-state index < -0.39 is 18.0 Å². The lowest BCUT2D eigenvalue weighted by Crippen LogP contribution is -2.45. The van der Waals surface area contributed by atoms with Gasteiger partial charge >= 0.3 is 5.97 Å². The molecule has 1 unspecified atom stereocenters. The van der Waals surface area contributed by atoms with E-state index in [9.17, 15) is 14.7 Å². The van der Waals surface area contributed by atoms with E-state index in [1.165, 1.54) is 6.08 Å². The van der Waals surface area contributed by atoms with Gasteiger partial charge in [0.05, 0.1) is 21.1 Å². The van der Waals surface area contributed by atoms with Crippen LogP contribution >= 0.6 is 0 Å². The molecule has 0 aromatic carbocycles. The smallest absolute Gasteiger partial charge is 0.330 e. The van der Waals surface area contributed by atoms with Gasteiger partial charge in [-0.05, 0) is 19.3 Å². The lowest BCUT2D eigenvalue weighted by atomic mass is 10.2. The van der Waals surface area contributed by atoms with Crippen molar-refractivity contribution in [1.82, 2.24) is 0 Å². The third kappa shape index (κ3) is 14.8. The number of aliphatic carboxylic acids is 1. The summed E-state index contributed by atoms with van der Waals surface area (Å²) in [6.45, 7) is 2.50. The van der Waals surface area contributed by atoms with Crippen LogP contribution < -0.4 is 5.11 Å². The van der Waals surface area contributed by atoms with Gasteiger partial charge in [-0.1, -0.05) is 37.3 Å². The van der Waals surface area contributed by atoms with Crippen LogP contribution in [0.15, 0.2) is 36.5 Å². The molecule has 5 nitrogen and oxygen atoms in total. The first kappa shape index (κ1) is 21.1. The van der Waals surface area contributed by atoms with E-state index in [1.54, 1.807) is 6.08 Å². The van der Waals surface area contributed by atoms with Crippen LogP contribution in [0.25, 0.3) is 0 Å². The van der Waals surface area contributed by atoms with E-state index in [-0.39, 0.29) is 6.42 Å². The lowest BCUT2D eigenvalue weighted by Gasteiger charge is -2.29. The van der Waals surface area contributed by atoms with Crippen molar-refractivity contribution < 1.29 is 23.9 Å². The fourth-order valence-corrected chi connectivity index (χ4v) is 1.92. The summed E-state index contributed by atoms with van der Waals surface area (Å²) in [5.74, 6) is -1.74. The van der Waals surface area contributed by atoms with Gasteiger partial charge in [-0.15, -0.1) is 0 Å².